The van der Waals surface area contributed by atoms with Gasteiger partial charge in [-0.05, 0) is 26.0 Å². The van der Waals surface area contributed by atoms with Crippen molar-refractivity contribution < 1.29 is 18.7 Å². The summed E-state index contributed by atoms with van der Waals surface area (Å²) in [5, 5.41) is 0. The Kier molecular flexibility index (Phi) is 3.66. The fourth-order valence-electron chi connectivity index (χ4n) is 1.29. The predicted octanol–water partition coefficient (Wildman–Crippen LogP) is 2.32. The molecular weight excluding hydrogens is 199 g/mol. The first-order chi connectivity index (χ1) is 7.11. The lowest BCUT2D eigenvalue weighted by atomic mass is 10.1. The Morgan fingerprint density at radius 1 is 1.47 bits per heavy atom. The standard InChI is InChI=1S/C11H13FO3/c1-4-15-11(13)10-7(2)8(12)5-6-9(10)14-3/h5-6H,4H2,1-3H3. The Balaban J connectivity index is 3.23. The largest absolute Gasteiger partial charge is 0.496 e. The lowest BCUT2D eigenvalue weighted by molar-refractivity contribution is 0.0521. The fourth-order valence-corrected chi connectivity index (χ4v) is 1.29. The number of hydrogen-bond acceptors (Lipinski definition) is 3. The summed E-state index contributed by atoms with van der Waals surface area (Å²) in [6.07, 6.45) is 0. The van der Waals surface area contributed by atoms with Gasteiger partial charge in [-0.15, -0.1) is 0 Å². The van der Waals surface area contributed by atoms with Crippen LogP contribution in [-0.4, -0.2) is 19.7 Å². The Bertz CT molecular complexity index is 374. The molecule has 0 atom stereocenters. The molecular formula is C11H13FO3. The lowest BCUT2D eigenvalue weighted by Gasteiger charge is -2.10. The summed E-state index contributed by atoms with van der Waals surface area (Å²) in [6, 6.07) is 2.67. The Morgan fingerprint density at radius 2 is 2.13 bits per heavy atom. The van der Waals surface area contributed by atoms with Crippen LogP contribution in [0.2, 0.25) is 0 Å². The highest BCUT2D eigenvalue weighted by molar-refractivity contribution is 5.94. The summed E-state index contributed by atoms with van der Waals surface area (Å²) in [5.74, 6) is -0.683. The molecule has 15 heavy (non-hydrogen) atoms. The third kappa shape index (κ3) is 2.26. The quantitative estimate of drug-likeness (QED) is 0.721. The molecule has 0 radical (unpaired) electrons. The van der Waals surface area contributed by atoms with Crippen LogP contribution in [0.1, 0.15) is 22.8 Å². The van der Waals surface area contributed by atoms with Gasteiger partial charge in [-0.2, -0.15) is 0 Å². The molecule has 0 aliphatic heterocycles. The van der Waals surface area contributed by atoms with Gasteiger partial charge in [0.15, 0.2) is 0 Å². The summed E-state index contributed by atoms with van der Waals surface area (Å²) >= 11 is 0. The first kappa shape index (κ1) is 11.5. The summed E-state index contributed by atoms with van der Waals surface area (Å²) in [7, 11) is 1.43. The molecule has 0 saturated carbocycles. The van der Waals surface area contributed by atoms with Gasteiger partial charge >= 0.3 is 5.97 Å². The van der Waals surface area contributed by atoms with Crippen LogP contribution in [0.5, 0.6) is 5.75 Å². The number of methoxy groups -OCH3 is 1. The van der Waals surface area contributed by atoms with E-state index in [0.717, 1.165) is 0 Å². The number of ether oxygens (including phenoxy) is 2. The number of halogens is 1. The predicted molar refractivity (Wildman–Crippen MR) is 53.6 cm³/mol. The van der Waals surface area contributed by atoms with Crippen LogP contribution < -0.4 is 4.74 Å². The maximum Gasteiger partial charge on any atom is 0.342 e. The summed E-state index contributed by atoms with van der Waals surface area (Å²) in [4.78, 5) is 11.5. The van der Waals surface area contributed by atoms with E-state index in [1.807, 2.05) is 0 Å². The van der Waals surface area contributed by atoms with E-state index >= 15 is 0 Å². The number of rotatable bonds is 3. The molecule has 0 aliphatic carbocycles. The van der Waals surface area contributed by atoms with Gasteiger partial charge in [0.1, 0.15) is 17.1 Å². The second kappa shape index (κ2) is 4.77. The van der Waals surface area contributed by atoms with Gasteiger partial charge < -0.3 is 9.47 Å². The van der Waals surface area contributed by atoms with E-state index in [2.05, 4.69) is 0 Å². The Hall–Kier alpha value is -1.58. The number of esters is 1. The van der Waals surface area contributed by atoms with Crippen molar-refractivity contribution >= 4 is 5.97 Å². The minimum absolute atomic E-state index is 0.152. The third-order valence-corrected chi connectivity index (χ3v) is 2.06. The molecule has 0 aliphatic rings. The molecule has 4 heteroatoms. The molecule has 3 nitrogen and oxygen atoms in total. The van der Waals surface area contributed by atoms with Crippen LogP contribution in [0, 0.1) is 12.7 Å². The van der Waals surface area contributed by atoms with E-state index < -0.39 is 11.8 Å². The van der Waals surface area contributed by atoms with Crippen molar-refractivity contribution in [2.24, 2.45) is 0 Å². The molecule has 82 valence electrons. The van der Waals surface area contributed by atoms with E-state index in [9.17, 15) is 9.18 Å². The smallest absolute Gasteiger partial charge is 0.342 e. The summed E-state index contributed by atoms with van der Waals surface area (Å²) in [6.45, 7) is 3.46. The summed E-state index contributed by atoms with van der Waals surface area (Å²) < 4.78 is 23.0. The van der Waals surface area contributed by atoms with Crippen molar-refractivity contribution in [2.45, 2.75) is 13.8 Å². The normalized spacial score (nSPS) is 9.87. The SMILES string of the molecule is CCOC(=O)c1c(OC)ccc(F)c1C. The van der Waals surface area contributed by atoms with Crippen LogP contribution in [0.15, 0.2) is 12.1 Å². The number of benzene rings is 1. The van der Waals surface area contributed by atoms with E-state index in [4.69, 9.17) is 9.47 Å². The minimum Gasteiger partial charge on any atom is -0.496 e. The average molecular weight is 212 g/mol. The van der Waals surface area contributed by atoms with Crippen LogP contribution >= 0.6 is 0 Å². The molecule has 0 heterocycles. The monoisotopic (exact) mass is 212 g/mol. The fraction of sp³-hybridized carbons (Fsp3) is 0.364. The van der Waals surface area contributed by atoms with E-state index in [-0.39, 0.29) is 17.7 Å². The number of carbonyl (C=O) groups excluding carboxylic acids is 1. The molecule has 1 aromatic carbocycles. The molecule has 0 aromatic heterocycles. The topological polar surface area (TPSA) is 35.5 Å². The Morgan fingerprint density at radius 3 is 2.67 bits per heavy atom. The number of carbonyl (C=O) groups is 1. The second-order valence-corrected chi connectivity index (χ2v) is 2.97. The van der Waals surface area contributed by atoms with Crippen molar-refractivity contribution in [1.82, 2.24) is 0 Å². The highest BCUT2D eigenvalue weighted by Gasteiger charge is 2.18. The maximum absolute atomic E-state index is 13.2. The zero-order chi connectivity index (χ0) is 11.4. The van der Waals surface area contributed by atoms with Crippen LogP contribution in [0.4, 0.5) is 4.39 Å². The van der Waals surface area contributed by atoms with Gasteiger partial charge in [-0.25, -0.2) is 9.18 Å². The highest BCUT2D eigenvalue weighted by atomic mass is 19.1. The minimum atomic E-state index is -0.564. The third-order valence-electron chi connectivity index (χ3n) is 2.06. The van der Waals surface area contributed by atoms with Crippen molar-refractivity contribution in [3.05, 3.63) is 29.1 Å². The van der Waals surface area contributed by atoms with Gasteiger partial charge in [0.25, 0.3) is 0 Å². The van der Waals surface area contributed by atoms with Gasteiger partial charge in [-0.1, -0.05) is 0 Å². The molecule has 0 spiro atoms. The van der Waals surface area contributed by atoms with Crippen LogP contribution in [0.3, 0.4) is 0 Å². The first-order valence-electron chi connectivity index (χ1n) is 4.62. The van der Waals surface area contributed by atoms with Crippen molar-refractivity contribution in [3.63, 3.8) is 0 Å². The zero-order valence-electron chi connectivity index (χ0n) is 8.96. The highest BCUT2D eigenvalue weighted by Crippen LogP contribution is 2.24. The number of hydrogen-bond donors (Lipinski definition) is 0. The van der Waals surface area contributed by atoms with Crippen molar-refractivity contribution in [2.75, 3.05) is 13.7 Å². The van der Waals surface area contributed by atoms with Crippen molar-refractivity contribution in [3.8, 4) is 5.75 Å². The van der Waals surface area contributed by atoms with Crippen LogP contribution in [0.25, 0.3) is 0 Å². The Labute approximate surface area is 87.8 Å². The molecule has 1 aromatic rings. The first-order valence-corrected chi connectivity index (χ1v) is 4.62. The molecule has 0 bridgehead atoms. The summed E-state index contributed by atoms with van der Waals surface area (Å²) in [5.41, 5.74) is 0.396. The zero-order valence-corrected chi connectivity index (χ0v) is 8.96. The van der Waals surface area contributed by atoms with Crippen molar-refractivity contribution in [1.29, 1.82) is 0 Å². The average Bonchev–Trinajstić information content (AvgIpc) is 2.22. The van der Waals surface area contributed by atoms with Gasteiger partial charge in [0.05, 0.1) is 13.7 Å². The molecule has 0 amide bonds. The molecule has 0 fully saturated rings. The van der Waals surface area contributed by atoms with Gasteiger partial charge in [0, 0.05) is 5.56 Å². The van der Waals surface area contributed by atoms with Gasteiger partial charge in [0.2, 0.25) is 0 Å². The molecule has 0 unspecified atom stereocenters. The van der Waals surface area contributed by atoms with E-state index in [1.54, 1.807) is 6.92 Å². The second-order valence-electron chi connectivity index (χ2n) is 2.97. The molecule has 0 N–H and O–H groups in total. The molecule has 0 saturated heterocycles. The van der Waals surface area contributed by atoms with Gasteiger partial charge in [-0.3, -0.25) is 0 Å². The maximum atomic E-state index is 13.2. The molecule has 1 rings (SSSR count). The van der Waals surface area contributed by atoms with E-state index in [0.29, 0.717) is 5.75 Å². The lowest BCUT2D eigenvalue weighted by Crippen LogP contribution is -2.10. The van der Waals surface area contributed by atoms with Crippen LogP contribution in [-0.2, 0) is 4.74 Å². The van der Waals surface area contributed by atoms with E-state index in [1.165, 1.54) is 26.2 Å².